The Hall–Kier alpha value is 0.870. The Morgan fingerprint density at radius 2 is 1.07 bits per heavy atom. The summed E-state index contributed by atoms with van der Waals surface area (Å²) in [6.45, 7) is 4.28. The van der Waals surface area contributed by atoms with E-state index in [1.165, 1.54) is 57.8 Å². The summed E-state index contributed by atoms with van der Waals surface area (Å²) in [5.41, 5.74) is 0. The third-order valence-electron chi connectivity index (χ3n) is 5.21. The van der Waals surface area contributed by atoms with Gasteiger partial charge in [0.2, 0.25) is 0 Å². The Kier molecular flexibility index (Phi) is 22.4. The average Bonchev–Trinajstić information content (AvgIpc) is 2.58. The van der Waals surface area contributed by atoms with Crippen molar-refractivity contribution in [1.82, 2.24) is 0 Å². The minimum absolute atomic E-state index is 0. The van der Waals surface area contributed by atoms with Gasteiger partial charge in [0.1, 0.15) is 0 Å². The fourth-order valence-electron chi connectivity index (χ4n) is 3.47. The van der Waals surface area contributed by atoms with E-state index in [4.69, 9.17) is 0 Å². The van der Waals surface area contributed by atoms with Crippen LogP contribution in [0.5, 0.6) is 0 Å². The van der Waals surface area contributed by atoms with Gasteiger partial charge in [0, 0.05) is 0 Å². The molecule has 2 atom stereocenters. The fraction of sp³-hybridized carbons (Fsp3) is 1.00. The number of aliphatic hydroxyl groups is 1. The van der Waals surface area contributed by atoms with Crippen LogP contribution < -0.4 is 29.6 Å². The second kappa shape index (κ2) is 20.2. The van der Waals surface area contributed by atoms with E-state index < -0.39 is 21.5 Å². The Morgan fingerprint density at radius 1 is 0.704 bits per heavy atom. The zero-order chi connectivity index (χ0) is 19.7. The minimum Gasteiger partial charge on any atom is -0.748 e. The number of unbranched alkanes of at least 4 members (excludes halogenated alkanes) is 12. The quantitative estimate of drug-likeness (QED) is 0.200. The van der Waals surface area contributed by atoms with Crippen molar-refractivity contribution in [2.24, 2.45) is 0 Å². The fourth-order valence-corrected chi connectivity index (χ4v) is 4.38. The van der Waals surface area contributed by atoms with E-state index in [-0.39, 0.29) is 36.0 Å². The maximum atomic E-state index is 11.4. The number of aliphatic hydroxyl groups excluding tert-OH is 1. The predicted octanol–water partition coefficient (Wildman–Crippen LogP) is 2.94. The van der Waals surface area contributed by atoms with Crippen molar-refractivity contribution < 1.29 is 47.6 Å². The summed E-state index contributed by atoms with van der Waals surface area (Å²) in [7, 11) is -4.30. The second-order valence-corrected chi connectivity index (χ2v) is 9.48. The van der Waals surface area contributed by atoms with Crippen LogP contribution >= 0.6 is 0 Å². The van der Waals surface area contributed by atoms with E-state index in [2.05, 4.69) is 6.92 Å². The molecule has 0 spiro atoms. The van der Waals surface area contributed by atoms with Crippen LogP contribution in [0.15, 0.2) is 0 Å². The van der Waals surface area contributed by atoms with Crippen molar-refractivity contribution in [2.45, 2.75) is 134 Å². The van der Waals surface area contributed by atoms with Crippen LogP contribution in [0.1, 0.15) is 123 Å². The van der Waals surface area contributed by atoms with E-state index in [0.717, 1.165) is 32.1 Å². The van der Waals surface area contributed by atoms with Gasteiger partial charge in [-0.15, -0.1) is 0 Å². The smallest absolute Gasteiger partial charge is 0.748 e. The molecule has 4 nitrogen and oxygen atoms in total. The Bertz CT molecular complexity index is 401. The van der Waals surface area contributed by atoms with Crippen molar-refractivity contribution in [3.8, 4) is 0 Å². The van der Waals surface area contributed by atoms with Gasteiger partial charge in [0.05, 0.1) is 21.5 Å². The molecule has 0 aliphatic heterocycles. The monoisotopic (exact) mass is 414 g/mol. The van der Waals surface area contributed by atoms with Crippen molar-refractivity contribution in [1.29, 1.82) is 0 Å². The molecule has 1 N–H and O–H groups in total. The van der Waals surface area contributed by atoms with Gasteiger partial charge >= 0.3 is 29.6 Å². The zero-order valence-corrected chi connectivity index (χ0v) is 21.1. The first-order valence-electron chi connectivity index (χ1n) is 11.0. The van der Waals surface area contributed by atoms with Crippen LogP contribution in [-0.4, -0.2) is 29.4 Å². The number of hydrogen-bond donors (Lipinski definition) is 1. The molecular formula is C21H43NaO4S. The van der Waals surface area contributed by atoms with Crippen molar-refractivity contribution in [3.05, 3.63) is 0 Å². The molecule has 0 bridgehead atoms. The molecule has 0 aliphatic rings. The van der Waals surface area contributed by atoms with Crippen LogP contribution in [0.25, 0.3) is 0 Å². The standard InChI is InChI=1S/C21H44O4S.Na/c1-3-5-7-8-9-10-11-12-13-14-16-17-20(22)19-21(26(23,24)25)18-15-6-4-2;/h20-22H,3-19H2,1-2H3,(H,23,24,25);/q;+1/p-1. The SMILES string of the molecule is CCCCCCCCCCCCCC(O)CC(CCCCC)S(=O)(=O)[O-].[Na+]. The molecule has 0 aromatic rings. The van der Waals surface area contributed by atoms with Gasteiger partial charge in [-0.2, -0.15) is 0 Å². The van der Waals surface area contributed by atoms with Gasteiger partial charge in [0.15, 0.2) is 0 Å². The molecule has 0 aliphatic carbocycles. The maximum Gasteiger partial charge on any atom is 1.00 e. The molecule has 0 amide bonds. The molecule has 0 heterocycles. The Labute approximate surface area is 191 Å². The minimum atomic E-state index is -4.30. The molecule has 0 radical (unpaired) electrons. The van der Waals surface area contributed by atoms with E-state index in [1.54, 1.807) is 0 Å². The van der Waals surface area contributed by atoms with Crippen molar-refractivity contribution in [3.63, 3.8) is 0 Å². The Balaban J connectivity index is 0. The first-order valence-corrected chi connectivity index (χ1v) is 12.5. The van der Waals surface area contributed by atoms with Gasteiger partial charge in [-0.25, -0.2) is 8.42 Å². The summed E-state index contributed by atoms with van der Waals surface area (Å²) >= 11 is 0. The van der Waals surface area contributed by atoms with E-state index in [1.807, 2.05) is 6.92 Å². The summed E-state index contributed by atoms with van der Waals surface area (Å²) in [5.74, 6) is 0. The van der Waals surface area contributed by atoms with Gasteiger partial charge in [-0.05, 0) is 19.3 Å². The van der Waals surface area contributed by atoms with Gasteiger partial charge in [-0.3, -0.25) is 0 Å². The van der Waals surface area contributed by atoms with Crippen LogP contribution in [0, 0.1) is 0 Å². The van der Waals surface area contributed by atoms with Crippen LogP contribution in [0.3, 0.4) is 0 Å². The molecule has 0 fully saturated rings. The number of hydrogen-bond acceptors (Lipinski definition) is 4. The molecule has 27 heavy (non-hydrogen) atoms. The van der Waals surface area contributed by atoms with E-state index >= 15 is 0 Å². The molecule has 0 saturated heterocycles. The van der Waals surface area contributed by atoms with E-state index in [0.29, 0.717) is 12.8 Å². The molecule has 0 rings (SSSR count). The molecular weight excluding hydrogens is 371 g/mol. The summed E-state index contributed by atoms with van der Waals surface area (Å²) in [6.07, 6.45) is 16.9. The first kappa shape index (κ1) is 30.1. The first-order chi connectivity index (χ1) is 12.4. The van der Waals surface area contributed by atoms with Crippen LogP contribution in [0.2, 0.25) is 0 Å². The normalized spacial score (nSPS) is 13.9. The predicted molar refractivity (Wildman–Crippen MR) is 109 cm³/mol. The second-order valence-electron chi connectivity index (χ2n) is 7.82. The third-order valence-corrected chi connectivity index (χ3v) is 6.46. The molecule has 0 aromatic carbocycles. The number of rotatable bonds is 19. The average molecular weight is 415 g/mol. The summed E-state index contributed by atoms with van der Waals surface area (Å²) in [5, 5.41) is 9.16. The van der Waals surface area contributed by atoms with Gasteiger partial charge in [-0.1, -0.05) is 104 Å². The largest absolute Gasteiger partial charge is 1.00 e. The molecule has 158 valence electrons. The molecule has 0 saturated carbocycles. The molecule has 6 heteroatoms. The summed E-state index contributed by atoms with van der Waals surface area (Å²) in [4.78, 5) is 0. The molecule has 2 unspecified atom stereocenters. The summed E-state index contributed by atoms with van der Waals surface area (Å²) in [6, 6.07) is 0. The van der Waals surface area contributed by atoms with Crippen molar-refractivity contribution >= 4 is 10.1 Å². The third kappa shape index (κ3) is 19.9. The topological polar surface area (TPSA) is 77.4 Å². The van der Waals surface area contributed by atoms with E-state index in [9.17, 15) is 18.1 Å². The maximum absolute atomic E-state index is 11.4. The van der Waals surface area contributed by atoms with Gasteiger partial charge < -0.3 is 9.66 Å². The molecule has 0 aromatic heterocycles. The van der Waals surface area contributed by atoms with Crippen molar-refractivity contribution in [2.75, 3.05) is 0 Å². The van der Waals surface area contributed by atoms with Crippen LogP contribution in [-0.2, 0) is 10.1 Å². The Morgan fingerprint density at radius 3 is 1.52 bits per heavy atom. The van der Waals surface area contributed by atoms with Crippen LogP contribution in [0.4, 0.5) is 0 Å². The summed E-state index contributed by atoms with van der Waals surface area (Å²) < 4.78 is 34.1. The zero-order valence-electron chi connectivity index (χ0n) is 18.3. The van der Waals surface area contributed by atoms with Gasteiger partial charge in [0.25, 0.3) is 0 Å².